The zero-order chi connectivity index (χ0) is 12.9. The first-order chi connectivity index (χ1) is 9.45. The maximum Gasteiger partial charge on any atom is 0.0842 e. The summed E-state index contributed by atoms with van der Waals surface area (Å²) in [7, 11) is -0.567. The molecule has 0 bridgehead atoms. The zero-order valence-corrected chi connectivity index (χ0v) is 12.3. The van der Waals surface area contributed by atoms with Gasteiger partial charge in [0.25, 0.3) is 0 Å². The molecule has 0 aromatic heterocycles. The lowest BCUT2D eigenvalue weighted by molar-refractivity contribution is 1.05. The number of hydrogen-bond acceptors (Lipinski definition) is 0. The Morgan fingerprint density at radius 1 is 0.474 bits per heavy atom. The van der Waals surface area contributed by atoms with Gasteiger partial charge in [0, 0.05) is 0 Å². The number of rotatable bonds is 3. The molecule has 3 rings (SSSR count). The molecule has 0 atom stereocenters. The molecule has 1 radical (unpaired) electrons. The molecule has 3 aliphatic carbocycles. The van der Waals surface area contributed by atoms with Gasteiger partial charge in [-0.1, -0.05) is 72.9 Å². The second kappa shape index (κ2) is 6.20. The van der Waals surface area contributed by atoms with Crippen molar-refractivity contribution in [2.24, 2.45) is 0 Å². The average Bonchev–Trinajstić information content (AvgIpc) is 2.51. The van der Waals surface area contributed by atoms with E-state index >= 15 is 0 Å². The number of allylic oxidation sites excluding steroid dienone is 12. The van der Waals surface area contributed by atoms with Gasteiger partial charge in [0.1, 0.15) is 0 Å². The number of hydrogen-bond donors (Lipinski definition) is 0. The highest BCUT2D eigenvalue weighted by Gasteiger charge is 2.32. The highest BCUT2D eigenvalue weighted by Crippen LogP contribution is 2.39. The van der Waals surface area contributed by atoms with Crippen molar-refractivity contribution in [3.05, 3.63) is 72.9 Å². The molecule has 0 N–H and O–H groups in total. The highest BCUT2D eigenvalue weighted by molar-refractivity contribution is 6.67. The second-order valence-electron chi connectivity index (χ2n) is 5.35. The molecule has 0 unspecified atom stereocenters. The van der Waals surface area contributed by atoms with Crippen LogP contribution in [0, 0.1) is 0 Å². The van der Waals surface area contributed by atoms with E-state index < -0.39 is 8.80 Å². The quantitative estimate of drug-likeness (QED) is 0.489. The molecule has 19 heavy (non-hydrogen) atoms. The molecule has 1 heteroatoms. The fourth-order valence-electron chi connectivity index (χ4n) is 3.11. The fourth-order valence-corrected chi connectivity index (χ4v) is 6.60. The molecule has 3 aliphatic rings. The van der Waals surface area contributed by atoms with E-state index in [1.165, 1.54) is 0 Å². The Kier molecular flexibility index (Phi) is 4.14. The second-order valence-corrected chi connectivity index (χ2v) is 8.35. The average molecular weight is 265 g/mol. The van der Waals surface area contributed by atoms with Crippen molar-refractivity contribution in [1.29, 1.82) is 0 Å². The molecular weight excluding hydrogens is 244 g/mol. The van der Waals surface area contributed by atoms with Crippen molar-refractivity contribution in [2.75, 3.05) is 0 Å². The summed E-state index contributed by atoms with van der Waals surface area (Å²) in [5.41, 5.74) is 1.98. The Hall–Kier alpha value is -1.34. The van der Waals surface area contributed by atoms with E-state index in [1.807, 2.05) is 0 Å². The molecule has 0 amide bonds. The van der Waals surface area contributed by atoms with Crippen LogP contribution in [-0.2, 0) is 0 Å². The van der Waals surface area contributed by atoms with Gasteiger partial charge >= 0.3 is 0 Å². The summed E-state index contributed by atoms with van der Waals surface area (Å²) in [6.07, 6.45) is 32.0. The van der Waals surface area contributed by atoms with Crippen LogP contribution in [0.5, 0.6) is 0 Å². The molecule has 0 nitrogen and oxygen atoms in total. The van der Waals surface area contributed by atoms with Crippen LogP contribution in [0.3, 0.4) is 0 Å². The maximum atomic E-state index is 2.45. The lowest BCUT2D eigenvalue weighted by Gasteiger charge is -2.32. The summed E-state index contributed by atoms with van der Waals surface area (Å²) in [4.78, 5) is 0. The molecule has 0 fully saturated rings. The van der Waals surface area contributed by atoms with Crippen LogP contribution >= 0.6 is 0 Å². The molecule has 0 saturated heterocycles. The monoisotopic (exact) mass is 265 g/mol. The first kappa shape index (κ1) is 12.7. The topological polar surface area (TPSA) is 0 Å². The smallest absolute Gasteiger partial charge is 0.0842 e. The SMILES string of the molecule is C1=CC([Si](C2C=CCC=C2)C2C=CCC=C2)C=CC1. The Bertz CT molecular complexity index is 369. The van der Waals surface area contributed by atoms with Crippen LogP contribution in [0.4, 0.5) is 0 Å². The Balaban J connectivity index is 1.87. The normalized spacial score (nSPS) is 23.8. The van der Waals surface area contributed by atoms with E-state index in [4.69, 9.17) is 0 Å². The minimum atomic E-state index is -0.567. The van der Waals surface area contributed by atoms with Gasteiger partial charge in [-0.2, -0.15) is 0 Å². The first-order valence-corrected chi connectivity index (χ1v) is 9.05. The minimum Gasteiger partial charge on any atom is -0.0845 e. The van der Waals surface area contributed by atoms with E-state index in [0.717, 1.165) is 19.3 Å². The van der Waals surface area contributed by atoms with Gasteiger partial charge in [0.15, 0.2) is 0 Å². The Morgan fingerprint density at radius 2 is 0.737 bits per heavy atom. The molecule has 0 aromatic carbocycles. The summed E-state index contributed by atoms with van der Waals surface area (Å²) in [6.45, 7) is 0. The molecule has 0 aromatic rings. The lowest BCUT2D eigenvalue weighted by atomic mass is 10.2. The minimum absolute atomic E-state index is 0.567. The van der Waals surface area contributed by atoms with E-state index in [2.05, 4.69) is 72.9 Å². The van der Waals surface area contributed by atoms with Crippen LogP contribution in [0.25, 0.3) is 0 Å². The predicted molar refractivity (Wildman–Crippen MR) is 85.7 cm³/mol. The van der Waals surface area contributed by atoms with Gasteiger partial charge in [-0.25, -0.2) is 0 Å². The van der Waals surface area contributed by atoms with Crippen molar-refractivity contribution < 1.29 is 0 Å². The van der Waals surface area contributed by atoms with E-state index in [9.17, 15) is 0 Å². The lowest BCUT2D eigenvalue weighted by Crippen LogP contribution is -2.29. The summed E-state index contributed by atoms with van der Waals surface area (Å²) in [5.74, 6) is 0. The van der Waals surface area contributed by atoms with Crippen LogP contribution in [0.2, 0.25) is 16.6 Å². The summed E-state index contributed by atoms with van der Waals surface area (Å²) in [6, 6.07) is 0. The summed E-state index contributed by atoms with van der Waals surface area (Å²) < 4.78 is 0. The van der Waals surface area contributed by atoms with Crippen molar-refractivity contribution in [3.8, 4) is 0 Å². The first-order valence-electron chi connectivity index (χ1n) is 7.32. The highest BCUT2D eigenvalue weighted by atomic mass is 28.3. The van der Waals surface area contributed by atoms with Gasteiger partial charge in [0.2, 0.25) is 0 Å². The third kappa shape index (κ3) is 2.98. The summed E-state index contributed by atoms with van der Waals surface area (Å²) >= 11 is 0. The zero-order valence-electron chi connectivity index (χ0n) is 11.3. The molecular formula is C18H21Si. The van der Waals surface area contributed by atoms with Crippen molar-refractivity contribution in [1.82, 2.24) is 0 Å². The molecule has 0 aliphatic heterocycles. The molecule has 97 valence electrons. The molecule has 0 spiro atoms. The van der Waals surface area contributed by atoms with Crippen molar-refractivity contribution in [3.63, 3.8) is 0 Å². The standard InChI is InChI=1S/C18H21Si/c1-4-10-16(11-5-1)19(17-12-6-2-7-13-17)18-14-8-3-9-15-18/h4-18H,1-3H2. The van der Waals surface area contributed by atoms with Crippen molar-refractivity contribution in [2.45, 2.75) is 35.9 Å². The van der Waals surface area contributed by atoms with Crippen LogP contribution in [0.1, 0.15) is 19.3 Å². The van der Waals surface area contributed by atoms with Gasteiger partial charge in [-0.3, -0.25) is 0 Å². The van der Waals surface area contributed by atoms with Crippen LogP contribution < -0.4 is 0 Å². The van der Waals surface area contributed by atoms with Gasteiger partial charge < -0.3 is 0 Å². The van der Waals surface area contributed by atoms with Crippen LogP contribution in [0.15, 0.2) is 72.9 Å². The largest absolute Gasteiger partial charge is 0.0845 e. The molecule has 0 saturated carbocycles. The van der Waals surface area contributed by atoms with Gasteiger partial charge in [-0.15, -0.1) is 0 Å². The third-order valence-electron chi connectivity index (χ3n) is 4.03. The Labute approximate surface area is 118 Å². The summed E-state index contributed by atoms with van der Waals surface area (Å²) in [5, 5.41) is 0. The van der Waals surface area contributed by atoms with Gasteiger partial charge in [0.05, 0.1) is 8.80 Å². The fraction of sp³-hybridized carbons (Fsp3) is 0.333. The van der Waals surface area contributed by atoms with E-state index in [0.29, 0.717) is 16.6 Å². The Morgan fingerprint density at radius 3 is 1.00 bits per heavy atom. The van der Waals surface area contributed by atoms with Gasteiger partial charge in [-0.05, 0) is 35.9 Å². The van der Waals surface area contributed by atoms with Crippen LogP contribution in [-0.4, -0.2) is 8.80 Å². The maximum absolute atomic E-state index is 2.45. The third-order valence-corrected chi connectivity index (χ3v) is 7.50. The van der Waals surface area contributed by atoms with Crippen molar-refractivity contribution >= 4 is 8.80 Å². The molecule has 0 heterocycles. The van der Waals surface area contributed by atoms with E-state index in [1.54, 1.807) is 0 Å². The predicted octanol–water partition coefficient (Wildman–Crippen LogP) is 5.14. The van der Waals surface area contributed by atoms with E-state index in [-0.39, 0.29) is 0 Å².